The second-order valence-electron chi connectivity index (χ2n) is 7.41. The maximum absolute atomic E-state index is 13.5. The molecule has 0 saturated heterocycles. The maximum atomic E-state index is 13.5. The van der Waals surface area contributed by atoms with Crippen LogP contribution in [0.3, 0.4) is 0 Å². The number of halogens is 1. The van der Waals surface area contributed by atoms with Crippen LogP contribution in [0.4, 0.5) is 4.39 Å². The lowest BCUT2D eigenvalue weighted by molar-refractivity contribution is -0.122. The van der Waals surface area contributed by atoms with Crippen LogP contribution in [0.5, 0.6) is 0 Å². The van der Waals surface area contributed by atoms with Crippen molar-refractivity contribution in [1.82, 2.24) is 10.3 Å². The summed E-state index contributed by atoms with van der Waals surface area (Å²) in [5, 5.41) is 5.33. The molecule has 1 amide bonds. The molecule has 0 atom stereocenters. The number of benzene rings is 3. The van der Waals surface area contributed by atoms with Crippen LogP contribution in [-0.4, -0.2) is 10.9 Å². The smallest absolute Gasteiger partial charge is 0.225 e. The van der Waals surface area contributed by atoms with Crippen LogP contribution >= 0.6 is 0 Å². The number of carbonyl (C=O) groups excluding carboxylic acids is 1. The quantitative estimate of drug-likeness (QED) is 0.525. The second-order valence-corrected chi connectivity index (χ2v) is 7.41. The zero-order valence-corrected chi connectivity index (χ0v) is 15.3. The lowest BCUT2D eigenvalue weighted by atomic mass is 9.93. The molecule has 0 aliphatic rings. The zero-order valence-electron chi connectivity index (χ0n) is 15.3. The summed E-state index contributed by atoms with van der Waals surface area (Å²) in [5.74, 6) is -0.404. The average Bonchev–Trinajstić information content (AvgIpc) is 2.99. The predicted molar refractivity (Wildman–Crippen MR) is 107 cm³/mol. The van der Waals surface area contributed by atoms with Gasteiger partial charge >= 0.3 is 0 Å². The van der Waals surface area contributed by atoms with Gasteiger partial charge in [0.2, 0.25) is 5.91 Å². The molecule has 0 bridgehead atoms. The van der Waals surface area contributed by atoms with E-state index in [0.29, 0.717) is 0 Å². The lowest BCUT2D eigenvalue weighted by Crippen LogP contribution is -2.41. The Morgan fingerprint density at radius 1 is 0.963 bits per heavy atom. The number of fused-ring (bicyclic) bond motifs is 3. The van der Waals surface area contributed by atoms with Gasteiger partial charge in [-0.3, -0.25) is 4.79 Å². The highest BCUT2D eigenvalue weighted by molar-refractivity contribution is 6.07. The summed E-state index contributed by atoms with van der Waals surface area (Å²) in [6, 6.07) is 20.5. The highest BCUT2D eigenvalue weighted by Crippen LogP contribution is 2.26. The van der Waals surface area contributed by atoms with E-state index in [4.69, 9.17) is 0 Å². The van der Waals surface area contributed by atoms with E-state index in [0.717, 1.165) is 27.5 Å². The molecular formula is C23H21FN2O. The molecule has 1 aromatic heterocycles. The molecule has 27 heavy (non-hydrogen) atoms. The van der Waals surface area contributed by atoms with Crippen molar-refractivity contribution in [2.45, 2.75) is 25.8 Å². The van der Waals surface area contributed by atoms with Crippen molar-refractivity contribution < 1.29 is 9.18 Å². The summed E-state index contributed by atoms with van der Waals surface area (Å²) < 4.78 is 13.5. The molecule has 0 aliphatic carbocycles. The van der Waals surface area contributed by atoms with Crippen molar-refractivity contribution in [1.29, 1.82) is 0 Å². The van der Waals surface area contributed by atoms with Gasteiger partial charge in [-0.15, -0.1) is 0 Å². The van der Waals surface area contributed by atoms with Crippen molar-refractivity contribution >= 4 is 27.7 Å². The van der Waals surface area contributed by atoms with Gasteiger partial charge in [0.25, 0.3) is 0 Å². The third-order valence-corrected chi connectivity index (χ3v) is 4.93. The first-order chi connectivity index (χ1) is 12.9. The minimum absolute atomic E-state index is 0.0975. The number of hydrogen-bond acceptors (Lipinski definition) is 1. The first-order valence-corrected chi connectivity index (χ1v) is 8.99. The molecule has 4 rings (SSSR count). The minimum atomic E-state index is -0.648. The summed E-state index contributed by atoms with van der Waals surface area (Å²) in [6.07, 6.45) is 0.268. The third-order valence-electron chi connectivity index (χ3n) is 4.93. The Morgan fingerprint density at radius 2 is 1.74 bits per heavy atom. The number of H-pyrrole nitrogens is 1. The molecular weight excluding hydrogens is 339 g/mol. The van der Waals surface area contributed by atoms with E-state index in [1.807, 2.05) is 50.2 Å². The van der Waals surface area contributed by atoms with Crippen molar-refractivity contribution in [3.63, 3.8) is 0 Å². The standard InChI is InChI=1S/C23H21FN2O/c1-23(2,16-6-5-7-17(24)14-16)26-22(27)13-15-10-11-19-18-8-3-4-9-20(18)25-21(19)12-15/h3-12,14,25H,13H2,1-2H3,(H,26,27). The Hall–Kier alpha value is -3.14. The Balaban J connectivity index is 1.54. The average molecular weight is 360 g/mol. The normalized spacial score (nSPS) is 11.8. The number of amides is 1. The van der Waals surface area contributed by atoms with Gasteiger partial charge in [0.05, 0.1) is 12.0 Å². The topological polar surface area (TPSA) is 44.9 Å². The van der Waals surface area contributed by atoms with E-state index in [1.54, 1.807) is 6.07 Å². The summed E-state index contributed by atoms with van der Waals surface area (Å²) in [4.78, 5) is 16.0. The van der Waals surface area contributed by atoms with E-state index in [1.165, 1.54) is 17.5 Å². The molecule has 3 aromatic carbocycles. The Labute approximate surface area is 157 Å². The molecule has 136 valence electrons. The Bertz CT molecular complexity index is 1140. The summed E-state index contributed by atoms with van der Waals surface area (Å²) in [5.41, 5.74) is 3.13. The number of aromatic amines is 1. The largest absolute Gasteiger partial charge is 0.355 e. The number of hydrogen-bond donors (Lipinski definition) is 2. The minimum Gasteiger partial charge on any atom is -0.355 e. The number of nitrogens with one attached hydrogen (secondary N) is 2. The van der Waals surface area contributed by atoms with Crippen molar-refractivity contribution in [2.24, 2.45) is 0 Å². The zero-order chi connectivity index (χ0) is 19.0. The Morgan fingerprint density at radius 3 is 2.56 bits per heavy atom. The van der Waals surface area contributed by atoms with Crippen molar-refractivity contribution in [3.05, 3.63) is 83.7 Å². The van der Waals surface area contributed by atoms with Gasteiger partial charge in [-0.25, -0.2) is 4.39 Å². The fourth-order valence-corrected chi connectivity index (χ4v) is 3.54. The van der Waals surface area contributed by atoms with Crippen LogP contribution < -0.4 is 5.32 Å². The van der Waals surface area contributed by atoms with E-state index >= 15 is 0 Å². The molecule has 2 N–H and O–H groups in total. The van der Waals surface area contributed by atoms with Crippen LogP contribution in [0.25, 0.3) is 21.8 Å². The molecule has 0 radical (unpaired) electrons. The summed E-state index contributed by atoms with van der Waals surface area (Å²) in [6.45, 7) is 3.75. The second kappa shape index (κ2) is 6.54. The summed E-state index contributed by atoms with van der Waals surface area (Å²) in [7, 11) is 0. The summed E-state index contributed by atoms with van der Waals surface area (Å²) >= 11 is 0. The highest BCUT2D eigenvalue weighted by Gasteiger charge is 2.23. The monoisotopic (exact) mass is 360 g/mol. The molecule has 0 saturated carbocycles. The van der Waals surface area contributed by atoms with E-state index < -0.39 is 5.54 Å². The maximum Gasteiger partial charge on any atom is 0.225 e. The molecule has 3 nitrogen and oxygen atoms in total. The molecule has 0 aliphatic heterocycles. The van der Waals surface area contributed by atoms with Crippen molar-refractivity contribution in [3.8, 4) is 0 Å². The molecule has 0 fully saturated rings. The first-order valence-electron chi connectivity index (χ1n) is 8.99. The highest BCUT2D eigenvalue weighted by atomic mass is 19.1. The fraction of sp³-hybridized carbons (Fsp3) is 0.174. The number of aromatic nitrogens is 1. The molecule has 0 spiro atoms. The SMILES string of the molecule is CC(C)(NC(=O)Cc1ccc2c(c1)[nH]c1ccccc12)c1cccc(F)c1. The molecule has 1 heterocycles. The van der Waals surface area contributed by atoms with Crippen LogP contribution in [0.2, 0.25) is 0 Å². The molecule has 0 unspecified atom stereocenters. The van der Waals surface area contributed by atoms with Crippen LogP contribution in [0, 0.1) is 5.82 Å². The van der Waals surface area contributed by atoms with Gasteiger partial charge in [0, 0.05) is 21.8 Å². The molecule has 4 aromatic rings. The fourth-order valence-electron chi connectivity index (χ4n) is 3.54. The van der Waals surface area contributed by atoms with Crippen molar-refractivity contribution in [2.75, 3.05) is 0 Å². The number of para-hydroxylation sites is 1. The van der Waals surface area contributed by atoms with E-state index in [-0.39, 0.29) is 18.1 Å². The van der Waals surface area contributed by atoms with Crippen LogP contribution in [0.15, 0.2) is 66.7 Å². The first kappa shape index (κ1) is 17.3. The third kappa shape index (κ3) is 3.43. The van der Waals surface area contributed by atoms with Gasteiger partial charge in [0.15, 0.2) is 0 Å². The lowest BCUT2D eigenvalue weighted by Gasteiger charge is -2.27. The predicted octanol–water partition coefficient (Wildman–Crippen LogP) is 5.05. The van der Waals surface area contributed by atoms with Crippen LogP contribution in [0.1, 0.15) is 25.0 Å². The number of rotatable bonds is 4. The van der Waals surface area contributed by atoms with Gasteiger partial charge in [-0.1, -0.05) is 42.5 Å². The number of carbonyl (C=O) groups is 1. The van der Waals surface area contributed by atoms with Crippen LogP contribution in [-0.2, 0) is 16.8 Å². The van der Waals surface area contributed by atoms with E-state index in [9.17, 15) is 9.18 Å². The van der Waals surface area contributed by atoms with Gasteiger partial charge in [-0.2, -0.15) is 0 Å². The van der Waals surface area contributed by atoms with Gasteiger partial charge < -0.3 is 10.3 Å². The van der Waals surface area contributed by atoms with E-state index in [2.05, 4.69) is 22.4 Å². The molecule has 4 heteroatoms. The van der Waals surface area contributed by atoms with Gasteiger partial charge in [0.1, 0.15) is 5.82 Å². The Kier molecular flexibility index (Phi) is 4.19. The van der Waals surface area contributed by atoms with Gasteiger partial charge in [-0.05, 0) is 49.2 Å².